The number of amides is 1. The van der Waals surface area contributed by atoms with Crippen molar-refractivity contribution >= 4 is 51.8 Å². The van der Waals surface area contributed by atoms with Crippen LogP contribution < -0.4 is 14.8 Å². The molecule has 0 spiro atoms. The summed E-state index contributed by atoms with van der Waals surface area (Å²) in [7, 11) is 1.44. The Morgan fingerprint density at radius 2 is 1.86 bits per heavy atom. The lowest BCUT2D eigenvalue weighted by Gasteiger charge is -2.11. The van der Waals surface area contributed by atoms with Gasteiger partial charge in [-0.1, -0.05) is 35.3 Å². The Balaban J connectivity index is 1.86. The first-order chi connectivity index (χ1) is 13.4. The number of methoxy groups -OCH3 is 1. The Kier molecular flexibility index (Phi) is 6.03. The molecule has 3 rings (SSSR count). The predicted octanol–water partition coefficient (Wildman–Crippen LogP) is 6.02. The number of nitro benzene ring substituents is 1. The third-order valence-electron chi connectivity index (χ3n) is 3.61. The third-order valence-corrected chi connectivity index (χ3v) is 5.11. The van der Waals surface area contributed by atoms with E-state index in [0.29, 0.717) is 16.5 Å². The van der Waals surface area contributed by atoms with Gasteiger partial charge in [-0.05, 0) is 23.6 Å². The first-order valence-electron chi connectivity index (χ1n) is 7.74. The molecule has 144 valence electrons. The molecule has 0 radical (unpaired) electrons. The molecular formula is C18H12Cl2N2O5S. The van der Waals surface area contributed by atoms with Crippen LogP contribution in [0.2, 0.25) is 10.0 Å². The van der Waals surface area contributed by atoms with E-state index in [1.54, 1.807) is 17.5 Å². The van der Waals surface area contributed by atoms with E-state index in [1.807, 2.05) is 0 Å². The number of nitro groups is 1. The molecule has 7 nitrogen and oxygen atoms in total. The first kappa shape index (κ1) is 19.9. The van der Waals surface area contributed by atoms with Crippen LogP contribution in [-0.2, 0) is 0 Å². The molecule has 0 saturated heterocycles. The van der Waals surface area contributed by atoms with Gasteiger partial charge in [0.25, 0.3) is 5.91 Å². The van der Waals surface area contributed by atoms with Crippen molar-refractivity contribution in [2.24, 2.45) is 0 Å². The summed E-state index contributed by atoms with van der Waals surface area (Å²) in [5.41, 5.74) is 0.100. The molecule has 0 fully saturated rings. The van der Waals surface area contributed by atoms with Crippen molar-refractivity contribution in [3.05, 3.63) is 72.9 Å². The minimum absolute atomic E-state index is 0.0335. The smallest absolute Gasteiger partial charge is 0.311 e. The van der Waals surface area contributed by atoms with Crippen LogP contribution in [0.5, 0.6) is 17.2 Å². The maximum absolute atomic E-state index is 12.7. The molecule has 28 heavy (non-hydrogen) atoms. The van der Waals surface area contributed by atoms with Crippen LogP contribution in [0.1, 0.15) is 9.67 Å². The van der Waals surface area contributed by atoms with Crippen LogP contribution in [0.25, 0.3) is 0 Å². The van der Waals surface area contributed by atoms with E-state index in [4.69, 9.17) is 32.7 Å². The minimum Gasteiger partial charge on any atom is -0.495 e. The fourth-order valence-electron chi connectivity index (χ4n) is 2.32. The van der Waals surface area contributed by atoms with Gasteiger partial charge in [-0.3, -0.25) is 14.9 Å². The van der Waals surface area contributed by atoms with E-state index >= 15 is 0 Å². The molecular weight excluding hydrogens is 427 g/mol. The van der Waals surface area contributed by atoms with Gasteiger partial charge in [0.2, 0.25) is 5.75 Å². The fraction of sp³-hybridized carbons (Fsp3) is 0.0556. The highest BCUT2D eigenvalue weighted by atomic mass is 35.5. The number of carbonyl (C=O) groups excluding carboxylic acids is 1. The summed E-state index contributed by atoms with van der Waals surface area (Å²) >= 11 is 13.3. The second-order valence-corrected chi connectivity index (χ2v) is 7.09. The summed E-state index contributed by atoms with van der Waals surface area (Å²) in [6.07, 6.45) is 0. The average molecular weight is 439 g/mol. The Labute approximate surface area is 173 Å². The van der Waals surface area contributed by atoms with Crippen LogP contribution >= 0.6 is 34.5 Å². The van der Waals surface area contributed by atoms with E-state index < -0.39 is 10.8 Å². The molecule has 0 saturated carbocycles. The molecule has 10 heteroatoms. The molecule has 0 aliphatic carbocycles. The molecule has 1 aromatic heterocycles. The van der Waals surface area contributed by atoms with Crippen molar-refractivity contribution in [2.45, 2.75) is 0 Å². The number of rotatable bonds is 6. The summed E-state index contributed by atoms with van der Waals surface area (Å²) in [5, 5.41) is 16.0. The minimum atomic E-state index is -0.554. The van der Waals surface area contributed by atoms with Gasteiger partial charge in [-0.25, -0.2) is 0 Å². The van der Waals surface area contributed by atoms with Crippen LogP contribution in [0.3, 0.4) is 0 Å². The van der Waals surface area contributed by atoms with Gasteiger partial charge in [0, 0.05) is 12.1 Å². The average Bonchev–Trinajstić information content (AvgIpc) is 3.12. The van der Waals surface area contributed by atoms with Crippen molar-refractivity contribution in [1.29, 1.82) is 0 Å². The number of para-hydroxylation sites is 2. The standard InChI is InChI=1S/C18H12Cl2N2O5S/c1-26-16-9-12(10(19)8-11(16)20)21-18(23)17-15(6-7-28-17)27-14-5-3-2-4-13(14)22(24)25/h2-9H,1H3,(H,21,23). The van der Waals surface area contributed by atoms with Crippen LogP contribution in [0.4, 0.5) is 11.4 Å². The number of hydrogen-bond acceptors (Lipinski definition) is 6. The van der Waals surface area contributed by atoms with Crippen molar-refractivity contribution in [1.82, 2.24) is 0 Å². The number of carbonyl (C=O) groups is 1. The van der Waals surface area contributed by atoms with Crippen molar-refractivity contribution in [2.75, 3.05) is 12.4 Å². The molecule has 1 heterocycles. The molecule has 0 atom stereocenters. The summed E-state index contributed by atoms with van der Waals surface area (Å²) in [4.78, 5) is 23.5. The first-order valence-corrected chi connectivity index (χ1v) is 9.37. The quantitative estimate of drug-likeness (QED) is 0.375. The highest BCUT2D eigenvalue weighted by molar-refractivity contribution is 7.12. The fourth-order valence-corrected chi connectivity index (χ4v) is 3.54. The van der Waals surface area contributed by atoms with Gasteiger partial charge in [-0.15, -0.1) is 11.3 Å². The number of benzene rings is 2. The lowest BCUT2D eigenvalue weighted by molar-refractivity contribution is -0.385. The van der Waals surface area contributed by atoms with E-state index in [2.05, 4.69) is 5.32 Å². The van der Waals surface area contributed by atoms with Crippen molar-refractivity contribution in [3.63, 3.8) is 0 Å². The molecule has 0 unspecified atom stereocenters. The van der Waals surface area contributed by atoms with Gasteiger partial charge >= 0.3 is 5.69 Å². The van der Waals surface area contributed by atoms with Crippen LogP contribution in [0.15, 0.2) is 47.8 Å². The normalized spacial score (nSPS) is 10.4. The number of ether oxygens (including phenoxy) is 2. The summed E-state index contributed by atoms with van der Waals surface area (Å²) < 4.78 is 10.7. The maximum Gasteiger partial charge on any atom is 0.311 e. The van der Waals surface area contributed by atoms with Gasteiger partial charge in [-0.2, -0.15) is 0 Å². The van der Waals surface area contributed by atoms with Gasteiger partial charge in [0.1, 0.15) is 10.6 Å². The second kappa shape index (κ2) is 8.47. The lowest BCUT2D eigenvalue weighted by Crippen LogP contribution is -2.11. The maximum atomic E-state index is 12.7. The van der Waals surface area contributed by atoms with Crippen LogP contribution in [-0.4, -0.2) is 17.9 Å². The summed E-state index contributed by atoms with van der Waals surface area (Å²) in [5.74, 6) is 0.0822. The zero-order valence-electron chi connectivity index (χ0n) is 14.3. The summed E-state index contributed by atoms with van der Waals surface area (Å²) in [6.45, 7) is 0. The number of halogens is 2. The molecule has 0 aliphatic rings. The predicted molar refractivity (Wildman–Crippen MR) is 108 cm³/mol. The van der Waals surface area contributed by atoms with E-state index in [9.17, 15) is 14.9 Å². The highest BCUT2D eigenvalue weighted by Gasteiger charge is 2.21. The zero-order chi connectivity index (χ0) is 20.3. The molecule has 3 aromatic rings. The largest absolute Gasteiger partial charge is 0.495 e. The zero-order valence-corrected chi connectivity index (χ0v) is 16.6. The Bertz CT molecular complexity index is 1050. The number of hydrogen-bond donors (Lipinski definition) is 1. The monoisotopic (exact) mass is 438 g/mol. The highest BCUT2D eigenvalue weighted by Crippen LogP contribution is 2.37. The Hall–Kier alpha value is -2.81. The molecule has 1 N–H and O–H groups in total. The van der Waals surface area contributed by atoms with Crippen molar-refractivity contribution in [3.8, 4) is 17.2 Å². The number of thiophene rings is 1. The Morgan fingerprint density at radius 3 is 2.57 bits per heavy atom. The molecule has 2 aromatic carbocycles. The summed E-state index contributed by atoms with van der Waals surface area (Å²) in [6, 6.07) is 10.4. The van der Waals surface area contributed by atoms with Gasteiger partial charge in [0.15, 0.2) is 5.75 Å². The van der Waals surface area contributed by atoms with Crippen LogP contribution in [0, 0.1) is 10.1 Å². The molecule has 0 aliphatic heterocycles. The van der Waals surface area contributed by atoms with Crippen molar-refractivity contribution < 1.29 is 19.2 Å². The molecule has 0 bridgehead atoms. The third kappa shape index (κ3) is 4.19. The van der Waals surface area contributed by atoms with E-state index in [1.165, 1.54) is 37.4 Å². The number of anilines is 1. The Morgan fingerprint density at radius 1 is 1.11 bits per heavy atom. The van der Waals surface area contributed by atoms with E-state index in [-0.39, 0.29) is 27.1 Å². The SMILES string of the molecule is COc1cc(NC(=O)c2sccc2Oc2ccccc2[N+](=O)[O-])c(Cl)cc1Cl. The molecule has 1 amide bonds. The lowest BCUT2D eigenvalue weighted by atomic mass is 10.2. The van der Waals surface area contributed by atoms with Gasteiger partial charge in [0.05, 0.1) is 27.8 Å². The number of nitrogens with zero attached hydrogens (tertiary/aromatic N) is 1. The number of nitrogens with one attached hydrogen (secondary N) is 1. The second-order valence-electron chi connectivity index (χ2n) is 5.36. The topological polar surface area (TPSA) is 90.7 Å². The van der Waals surface area contributed by atoms with E-state index in [0.717, 1.165) is 11.3 Å². The van der Waals surface area contributed by atoms with Gasteiger partial charge < -0.3 is 14.8 Å².